The number of aromatic amines is 1. The monoisotopic (exact) mass is 653 g/mol. The van der Waals surface area contributed by atoms with Gasteiger partial charge in [-0.15, -0.1) is 0 Å². The summed E-state index contributed by atoms with van der Waals surface area (Å²) in [5.41, 5.74) is 1.94. The van der Waals surface area contributed by atoms with Gasteiger partial charge in [0.25, 0.3) is 0 Å². The molecule has 2 aromatic carbocycles. The highest BCUT2D eigenvalue weighted by Crippen LogP contribution is 2.41. The molecule has 2 atom stereocenters. The zero-order valence-corrected chi connectivity index (χ0v) is 26.4. The van der Waals surface area contributed by atoms with Crippen molar-refractivity contribution in [1.82, 2.24) is 29.8 Å². The maximum atomic E-state index is 16.8. The number of rotatable bonds is 9. The molecule has 0 amide bonds. The fourth-order valence-corrected chi connectivity index (χ4v) is 7.64. The van der Waals surface area contributed by atoms with Crippen molar-refractivity contribution in [2.24, 2.45) is 0 Å². The van der Waals surface area contributed by atoms with Crippen LogP contribution in [-0.2, 0) is 12.8 Å². The Morgan fingerprint density at radius 1 is 1.15 bits per heavy atom. The Labute approximate surface area is 274 Å². The summed E-state index contributed by atoms with van der Waals surface area (Å²) in [6.45, 7) is 3.63. The standard InChI is InChI=1S/C36H34F3N7O2/c1-2-24-28(38)7-6-20-13-23(47)14-26(29(20)24)31-30(39)32-27(17-42-31)34(41-11-8-21-16-43-33-25(21)5-3-10-40-33)45-35(44-32)48-19-36-9-4-12-46(36)18-22(37)15-36/h3,5-7,10,13-14,16-17,22,47H,2,4,8-9,11-12,15,18-19H2,1H3,(H,40,43)(H,41,44,45)/t22-,36?/m1/s1. The third-order valence-corrected chi connectivity index (χ3v) is 9.88. The molecule has 0 aliphatic carbocycles. The van der Waals surface area contributed by atoms with Gasteiger partial charge in [0, 0.05) is 49.1 Å². The van der Waals surface area contributed by atoms with Gasteiger partial charge in [-0.3, -0.25) is 9.88 Å². The molecule has 4 aromatic heterocycles. The van der Waals surface area contributed by atoms with Gasteiger partial charge in [-0.25, -0.2) is 18.2 Å². The maximum Gasteiger partial charge on any atom is 0.319 e. The van der Waals surface area contributed by atoms with Crippen molar-refractivity contribution >= 4 is 38.5 Å². The molecule has 0 saturated carbocycles. The van der Waals surface area contributed by atoms with E-state index >= 15 is 4.39 Å². The number of H-pyrrole nitrogens is 1. The molecule has 3 N–H and O–H groups in total. The summed E-state index contributed by atoms with van der Waals surface area (Å²) in [5, 5.41) is 16.3. The average molecular weight is 654 g/mol. The molecule has 2 saturated heterocycles. The fraction of sp³-hybridized carbons (Fsp3) is 0.333. The minimum atomic E-state index is -0.926. The van der Waals surface area contributed by atoms with Crippen molar-refractivity contribution in [1.29, 1.82) is 0 Å². The number of halogens is 3. The molecule has 6 heterocycles. The second-order valence-electron chi connectivity index (χ2n) is 12.8. The van der Waals surface area contributed by atoms with E-state index in [1.807, 2.05) is 25.3 Å². The van der Waals surface area contributed by atoms with E-state index in [0.29, 0.717) is 59.9 Å². The van der Waals surface area contributed by atoms with Crippen molar-refractivity contribution in [3.05, 3.63) is 77.8 Å². The molecule has 0 radical (unpaired) electrons. The topological polar surface area (TPSA) is 112 Å². The summed E-state index contributed by atoms with van der Waals surface area (Å²) < 4.78 is 52.4. The van der Waals surface area contributed by atoms with Gasteiger partial charge in [0.2, 0.25) is 0 Å². The molecule has 2 fully saturated rings. The molecule has 2 aliphatic rings. The number of ether oxygens (including phenoxy) is 1. The van der Waals surface area contributed by atoms with E-state index in [1.165, 1.54) is 24.4 Å². The quantitative estimate of drug-likeness (QED) is 0.155. The number of aromatic hydroxyl groups is 1. The van der Waals surface area contributed by atoms with E-state index < -0.39 is 23.3 Å². The molecular formula is C36H34F3N7O2. The molecule has 0 spiro atoms. The summed E-state index contributed by atoms with van der Waals surface area (Å²) in [4.78, 5) is 23.3. The van der Waals surface area contributed by atoms with Crippen LogP contribution in [0.1, 0.15) is 37.3 Å². The number of anilines is 1. The van der Waals surface area contributed by atoms with Crippen LogP contribution in [0.3, 0.4) is 0 Å². The van der Waals surface area contributed by atoms with E-state index in [2.05, 4.69) is 35.1 Å². The Morgan fingerprint density at radius 3 is 2.92 bits per heavy atom. The van der Waals surface area contributed by atoms with E-state index in [-0.39, 0.29) is 35.1 Å². The lowest BCUT2D eigenvalue weighted by Gasteiger charge is -2.30. The third kappa shape index (κ3) is 5.15. The second-order valence-corrected chi connectivity index (χ2v) is 12.8. The van der Waals surface area contributed by atoms with Crippen LogP contribution in [0.15, 0.2) is 55.0 Å². The molecule has 48 heavy (non-hydrogen) atoms. The van der Waals surface area contributed by atoms with Crippen LogP contribution in [0, 0.1) is 11.6 Å². The number of aryl methyl sites for hydroxylation is 1. The summed E-state index contributed by atoms with van der Waals surface area (Å²) >= 11 is 0. The van der Waals surface area contributed by atoms with Gasteiger partial charge in [-0.1, -0.05) is 13.0 Å². The SMILES string of the molecule is CCc1c(F)ccc2cc(O)cc(-c3ncc4c(NCCc5c[nH]c6ncccc56)nc(OCC56CCCN5C[C@H](F)C6)nc4c3F)c12. The lowest BCUT2D eigenvalue weighted by Crippen LogP contribution is -2.43. The molecule has 12 heteroatoms. The lowest BCUT2D eigenvalue weighted by molar-refractivity contribution is 0.107. The minimum Gasteiger partial charge on any atom is -0.508 e. The van der Waals surface area contributed by atoms with Crippen LogP contribution in [0.2, 0.25) is 0 Å². The fourth-order valence-electron chi connectivity index (χ4n) is 7.64. The average Bonchev–Trinajstić information content (AvgIpc) is 3.76. The Bertz CT molecular complexity index is 2190. The molecule has 1 unspecified atom stereocenters. The Morgan fingerprint density at radius 2 is 2.04 bits per heavy atom. The van der Waals surface area contributed by atoms with Crippen LogP contribution in [0.4, 0.5) is 19.0 Å². The summed E-state index contributed by atoms with van der Waals surface area (Å²) in [5.74, 6) is -0.940. The zero-order chi connectivity index (χ0) is 33.0. The third-order valence-electron chi connectivity index (χ3n) is 9.88. The van der Waals surface area contributed by atoms with Gasteiger partial charge in [0.15, 0.2) is 5.82 Å². The number of fused-ring (bicyclic) bond motifs is 4. The van der Waals surface area contributed by atoms with Crippen molar-refractivity contribution in [2.45, 2.75) is 50.7 Å². The predicted octanol–water partition coefficient (Wildman–Crippen LogP) is 6.88. The second kappa shape index (κ2) is 11.9. The van der Waals surface area contributed by atoms with E-state index in [4.69, 9.17) is 4.74 Å². The van der Waals surface area contributed by atoms with Gasteiger partial charge < -0.3 is 20.1 Å². The minimum absolute atomic E-state index is 0.0368. The molecule has 2 aliphatic heterocycles. The van der Waals surface area contributed by atoms with Crippen LogP contribution in [-0.4, -0.2) is 72.9 Å². The van der Waals surface area contributed by atoms with Crippen LogP contribution in [0.25, 0.3) is 44.0 Å². The Kier molecular flexibility index (Phi) is 7.54. The van der Waals surface area contributed by atoms with Crippen molar-refractivity contribution in [3.8, 4) is 23.0 Å². The Balaban J connectivity index is 1.20. The van der Waals surface area contributed by atoms with Crippen LogP contribution < -0.4 is 10.1 Å². The number of hydrogen-bond donors (Lipinski definition) is 3. The van der Waals surface area contributed by atoms with Gasteiger partial charge in [0.1, 0.15) is 47.0 Å². The molecule has 6 aromatic rings. The number of aromatic nitrogens is 5. The van der Waals surface area contributed by atoms with Crippen molar-refractivity contribution in [3.63, 3.8) is 0 Å². The first kappa shape index (κ1) is 30.4. The number of hydrogen-bond acceptors (Lipinski definition) is 8. The molecule has 9 nitrogen and oxygen atoms in total. The summed E-state index contributed by atoms with van der Waals surface area (Å²) in [6, 6.07) is 9.66. The van der Waals surface area contributed by atoms with Crippen LogP contribution >= 0.6 is 0 Å². The lowest BCUT2D eigenvalue weighted by atomic mass is 9.94. The summed E-state index contributed by atoms with van der Waals surface area (Å²) in [7, 11) is 0. The zero-order valence-electron chi connectivity index (χ0n) is 26.4. The first-order valence-corrected chi connectivity index (χ1v) is 16.3. The molecule has 246 valence electrons. The maximum absolute atomic E-state index is 16.8. The largest absolute Gasteiger partial charge is 0.508 e. The normalized spacial score (nSPS) is 19.5. The highest BCUT2D eigenvalue weighted by molar-refractivity contribution is 6.01. The van der Waals surface area contributed by atoms with Crippen molar-refractivity contribution in [2.75, 3.05) is 31.6 Å². The van der Waals surface area contributed by atoms with E-state index in [0.717, 1.165) is 36.0 Å². The van der Waals surface area contributed by atoms with Gasteiger partial charge >= 0.3 is 6.01 Å². The number of alkyl halides is 1. The van der Waals surface area contributed by atoms with Crippen molar-refractivity contribution < 1.29 is 23.0 Å². The van der Waals surface area contributed by atoms with Gasteiger partial charge in [-0.2, -0.15) is 9.97 Å². The number of nitrogens with zero attached hydrogens (tertiary/aromatic N) is 5. The van der Waals surface area contributed by atoms with Gasteiger partial charge in [0.05, 0.1) is 10.9 Å². The predicted molar refractivity (Wildman–Crippen MR) is 178 cm³/mol. The molecule has 8 rings (SSSR count). The molecule has 0 bridgehead atoms. The number of phenolic OH excluding ortho intramolecular Hbond substituents is 1. The number of phenols is 1. The molecular weight excluding hydrogens is 619 g/mol. The number of nitrogens with one attached hydrogen (secondary N) is 2. The van der Waals surface area contributed by atoms with Crippen LogP contribution in [0.5, 0.6) is 11.8 Å². The first-order chi connectivity index (χ1) is 23.3. The number of benzene rings is 2. The Hall–Kier alpha value is -4.97. The first-order valence-electron chi connectivity index (χ1n) is 16.3. The highest BCUT2D eigenvalue weighted by Gasteiger charge is 2.49. The van der Waals surface area contributed by atoms with E-state index in [1.54, 1.807) is 12.3 Å². The highest BCUT2D eigenvalue weighted by atomic mass is 19.1. The number of pyridine rings is 2. The summed E-state index contributed by atoms with van der Waals surface area (Å²) in [6.07, 6.45) is 7.30. The van der Waals surface area contributed by atoms with Gasteiger partial charge in [-0.05, 0) is 84.5 Å². The van der Waals surface area contributed by atoms with E-state index in [9.17, 15) is 13.9 Å². The smallest absolute Gasteiger partial charge is 0.319 e.